The summed E-state index contributed by atoms with van der Waals surface area (Å²) in [4.78, 5) is 4.47. The monoisotopic (exact) mass is 344 g/mol. The molecule has 0 saturated carbocycles. The molecule has 0 aliphatic rings. The molecule has 0 spiro atoms. The largest absolute Gasteiger partial charge is 0.365 e. The fourth-order valence-corrected chi connectivity index (χ4v) is 3.05. The summed E-state index contributed by atoms with van der Waals surface area (Å²) in [5.41, 5.74) is 3.47. The molecule has 0 amide bonds. The van der Waals surface area contributed by atoms with Gasteiger partial charge >= 0.3 is 0 Å². The van der Waals surface area contributed by atoms with E-state index in [-0.39, 0.29) is 0 Å². The van der Waals surface area contributed by atoms with Crippen LogP contribution in [0.15, 0.2) is 34.9 Å². The number of hydrogen-bond donors (Lipinski definition) is 1. The molecule has 108 valence electrons. The molecule has 5 heteroatoms. The first kappa shape index (κ1) is 14.1. The Bertz CT molecular complexity index is 807. The van der Waals surface area contributed by atoms with Gasteiger partial charge in [0, 0.05) is 46.3 Å². The van der Waals surface area contributed by atoms with Crippen molar-refractivity contribution in [1.29, 1.82) is 0 Å². The zero-order chi connectivity index (χ0) is 15.0. The average Bonchev–Trinajstić information content (AvgIpc) is 2.71. The molecule has 0 bridgehead atoms. The number of fused-ring (bicyclic) bond motifs is 1. The Balaban J connectivity index is 1.94. The van der Waals surface area contributed by atoms with E-state index in [1.54, 1.807) is 0 Å². The first-order valence-corrected chi connectivity index (χ1v) is 7.63. The summed E-state index contributed by atoms with van der Waals surface area (Å²) in [7, 11) is 1.97. The Morgan fingerprint density at radius 3 is 2.71 bits per heavy atom. The predicted octanol–water partition coefficient (Wildman–Crippen LogP) is 3.96. The van der Waals surface area contributed by atoms with Crippen LogP contribution in [0, 0.1) is 13.8 Å². The van der Waals surface area contributed by atoms with E-state index in [0.29, 0.717) is 0 Å². The lowest BCUT2D eigenvalue weighted by Crippen LogP contribution is -2.04. The quantitative estimate of drug-likeness (QED) is 0.781. The molecule has 1 N–H and O–H groups in total. The van der Waals surface area contributed by atoms with Gasteiger partial charge in [-0.2, -0.15) is 5.10 Å². The Kier molecular flexibility index (Phi) is 3.68. The lowest BCUT2D eigenvalue weighted by Gasteiger charge is -2.10. The van der Waals surface area contributed by atoms with Gasteiger partial charge in [-0.05, 0) is 26.0 Å². The Morgan fingerprint density at radius 2 is 2.00 bits per heavy atom. The van der Waals surface area contributed by atoms with Crippen molar-refractivity contribution in [1.82, 2.24) is 14.8 Å². The predicted molar refractivity (Wildman–Crippen MR) is 89.5 cm³/mol. The van der Waals surface area contributed by atoms with Gasteiger partial charge in [-0.1, -0.05) is 28.1 Å². The van der Waals surface area contributed by atoms with Crippen molar-refractivity contribution < 1.29 is 0 Å². The van der Waals surface area contributed by atoms with E-state index in [2.05, 4.69) is 44.3 Å². The Labute approximate surface area is 132 Å². The average molecular weight is 345 g/mol. The molecule has 0 aliphatic heterocycles. The van der Waals surface area contributed by atoms with Crippen LogP contribution in [0.4, 0.5) is 5.82 Å². The van der Waals surface area contributed by atoms with Crippen molar-refractivity contribution in [2.45, 2.75) is 20.4 Å². The summed E-state index contributed by atoms with van der Waals surface area (Å²) in [6, 6.07) is 8.17. The Morgan fingerprint density at radius 1 is 1.19 bits per heavy atom. The molecular formula is C16H17BrN4. The minimum absolute atomic E-state index is 0.726. The van der Waals surface area contributed by atoms with Gasteiger partial charge in [0.2, 0.25) is 0 Å². The van der Waals surface area contributed by atoms with E-state index in [0.717, 1.165) is 33.3 Å². The highest BCUT2D eigenvalue weighted by atomic mass is 79.9. The minimum Gasteiger partial charge on any atom is -0.365 e. The number of halogens is 1. The van der Waals surface area contributed by atoms with Gasteiger partial charge in [-0.3, -0.25) is 4.68 Å². The molecule has 1 aromatic carbocycles. The fourth-order valence-electron chi connectivity index (χ4n) is 2.56. The maximum Gasteiger partial charge on any atom is 0.134 e. The van der Waals surface area contributed by atoms with Crippen molar-refractivity contribution in [3.05, 3.63) is 51.9 Å². The fraction of sp³-hybridized carbons (Fsp3) is 0.250. The van der Waals surface area contributed by atoms with Gasteiger partial charge < -0.3 is 5.32 Å². The van der Waals surface area contributed by atoms with Crippen molar-refractivity contribution in [3.63, 3.8) is 0 Å². The standard InChI is InChI=1S/C16H17BrN4/c1-10-14(11(2)21(3)20-10)9-19-16-13-5-4-6-15(17)12(13)7-8-18-16/h4-8H,9H2,1-3H3,(H,18,19). The summed E-state index contributed by atoms with van der Waals surface area (Å²) < 4.78 is 3.00. The molecule has 0 fully saturated rings. The van der Waals surface area contributed by atoms with Crippen LogP contribution in [-0.4, -0.2) is 14.8 Å². The van der Waals surface area contributed by atoms with Gasteiger partial charge in [0.25, 0.3) is 0 Å². The molecule has 21 heavy (non-hydrogen) atoms. The zero-order valence-electron chi connectivity index (χ0n) is 12.3. The van der Waals surface area contributed by atoms with Crippen molar-refractivity contribution >= 4 is 32.5 Å². The third-order valence-electron chi connectivity index (χ3n) is 3.84. The highest BCUT2D eigenvalue weighted by Gasteiger charge is 2.10. The molecular weight excluding hydrogens is 328 g/mol. The second-order valence-corrected chi connectivity index (χ2v) is 5.98. The number of aromatic nitrogens is 3. The summed E-state index contributed by atoms with van der Waals surface area (Å²) in [6.45, 7) is 4.85. The van der Waals surface area contributed by atoms with E-state index in [1.807, 2.05) is 43.0 Å². The van der Waals surface area contributed by atoms with Gasteiger partial charge in [0.1, 0.15) is 5.82 Å². The second kappa shape index (κ2) is 5.48. The number of pyridine rings is 1. The maximum absolute atomic E-state index is 4.47. The maximum atomic E-state index is 4.47. The smallest absolute Gasteiger partial charge is 0.134 e. The van der Waals surface area contributed by atoms with E-state index in [1.165, 1.54) is 11.3 Å². The van der Waals surface area contributed by atoms with Gasteiger partial charge in [0.15, 0.2) is 0 Å². The third kappa shape index (κ3) is 2.53. The number of benzene rings is 1. The normalized spacial score (nSPS) is 11.0. The van der Waals surface area contributed by atoms with Gasteiger partial charge in [-0.25, -0.2) is 4.98 Å². The van der Waals surface area contributed by atoms with Gasteiger partial charge in [0.05, 0.1) is 5.69 Å². The lowest BCUT2D eigenvalue weighted by molar-refractivity contribution is 0.730. The molecule has 0 radical (unpaired) electrons. The van der Waals surface area contributed by atoms with Crippen LogP contribution in [0.25, 0.3) is 10.8 Å². The van der Waals surface area contributed by atoms with E-state index < -0.39 is 0 Å². The van der Waals surface area contributed by atoms with Crippen molar-refractivity contribution in [3.8, 4) is 0 Å². The summed E-state index contributed by atoms with van der Waals surface area (Å²) in [5.74, 6) is 0.899. The van der Waals surface area contributed by atoms with Crippen LogP contribution in [0.3, 0.4) is 0 Å². The number of hydrogen-bond acceptors (Lipinski definition) is 3. The molecule has 2 aromatic heterocycles. The zero-order valence-corrected chi connectivity index (χ0v) is 13.9. The molecule has 3 rings (SSSR count). The first-order valence-electron chi connectivity index (χ1n) is 6.84. The number of anilines is 1. The molecule has 3 aromatic rings. The number of nitrogens with zero attached hydrogens (tertiary/aromatic N) is 3. The molecule has 0 aliphatic carbocycles. The number of aryl methyl sites for hydroxylation is 2. The summed E-state index contributed by atoms with van der Waals surface area (Å²) in [5, 5.41) is 10.2. The topological polar surface area (TPSA) is 42.7 Å². The number of rotatable bonds is 3. The van der Waals surface area contributed by atoms with Crippen molar-refractivity contribution in [2.24, 2.45) is 7.05 Å². The lowest BCUT2D eigenvalue weighted by atomic mass is 10.1. The van der Waals surface area contributed by atoms with E-state index in [4.69, 9.17) is 0 Å². The van der Waals surface area contributed by atoms with Gasteiger partial charge in [-0.15, -0.1) is 0 Å². The summed E-state index contributed by atoms with van der Waals surface area (Å²) in [6.07, 6.45) is 1.83. The Hall–Kier alpha value is -1.88. The van der Waals surface area contributed by atoms with Crippen LogP contribution in [0.2, 0.25) is 0 Å². The second-order valence-electron chi connectivity index (χ2n) is 5.12. The van der Waals surface area contributed by atoms with Crippen LogP contribution < -0.4 is 5.32 Å². The molecule has 4 nitrogen and oxygen atoms in total. The van der Waals surface area contributed by atoms with Crippen molar-refractivity contribution in [2.75, 3.05) is 5.32 Å². The highest BCUT2D eigenvalue weighted by Crippen LogP contribution is 2.28. The van der Waals surface area contributed by atoms with Crippen LogP contribution in [0.1, 0.15) is 17.0 Å². The highest BCUT2D eigenvalue weighted by molar-refractivity contribution is 9.10. The van der Waals surface area contributed by atoms with Crippen LogP contribution in [-0.2, 0) is 13.6 Å². The minimum atomic E-state index is 0.726. The van der Waals surface area contributed by atoms with Crippen LogP contribution >= 0.6 is 15.9 Å². The SMILES string of the molecule is Cc1nn(C)c(C)c1CNc1nccc2c(Br)cccc12. The summed E-state index contributed by atoms with van der Waals surface area (Å²) >= 11 is 3.58. The third-order valence-corrected chi connectivity index (χ3v) is 4.54. The van der Waals surface area contributed by atoms with Crippen LogP contribution in [0.5, 0.6) is 0 Å². The number of nitrogens with one attached hydrogen (secondary N) is 1. The molecule has 0 unspecified atom stereocenters. The molecule has 0 saturated heterocycles. The van der Waals surface area contributed by atoms with E-state index in [9.17, 15) is 0 Å². The van der Waals surface area contributed by atoms with E-state index >= 15 is 0 Å². The molecule has 0 atom stereocenters. The molecule has 2 heterocycles. The first-order chi connectivity index (χ1) is 10.1.